The van der Waals surface area contributed by atoms with Gasteiger partial charge in [0.25, 0.3) is 5.91 Å². The minimum absolute atomic E-state index is 0.0100. The first-order chi connectivity index (χ1) is 17.6. The highest BCUT2D eigenvalue weighted by Crippen LogP contribution is 2.39. The number of hydrogen-bond donors (Lipinski definition) is 3. The predicted molar refractivity (Wildman–Crippen MR) is 142 cm³/mol. The van der Waals surface area contributed by atoms with Crippen LogP contribution in [0.25, 0.3) is 11.0 Å². The largest absolute Gasteiger partial charge is 0.511 e. The van der Waals surface area contributed by atoms with Crippen molar-refractivity contribution in [3.8, 4) is 11.8 Å². The zero-order valence-corrected chi connectivity index (χ0v) is 22.1. The molecule has 2 aliphatic rings. The van der Waals surface area contributed by atoms with Gasteiger partial charge in [0.05, 0.1) is 21.8 Å². The number of benzene rings is 1. The van der Waals surface area contributed by atoms with Crippen molar-refractivity contribution in [1.29, 1.82) is 0 Å². The molecule has 0 atom stereocenters. The number of rotatable bonds is 4. The van der Waals surface area contributed by atoms with E-state index in [4.69, 9.17) is 23.1 Å². The van der Waals surface area contributed by atoms with Gasteiger partial charge in [0, 0.05) is 23.8 Å². The fourth-order valence-electron chi connectivity index (χ4n) is 4.66. The van der Waals surface area contributed by atoms with Crippen LogP contribution in [0.3, 0.4) is 0 Å². The van der Waals surface area contributed by atoms with Gasteiger partial charge in [-0.3, -0.25) is 13.9 Å². The second kappa shape index (κ2) is 9.13. The van der Waals surface area contributed by atoms with E-state index in [0.29, 0.717) is 28.4 Å². The molecule has 2 amide bonds. The summed E-state index contributed by atoms with van der Waals surface area (Å²) in [4.78, 5) is 30.7. The number of halogens is 1. The number of hydrogen-bond acceptors (Lipinski definition) is 6. The Morgan fingerprint density at radius 1 is 1.32 bits per heavy atom. The van der Waals surface area contributed by atoms with Gasteiger partial charge in [-0.25, -0.2) is 4.98 Å². The lowest BCUT2D eigenvalue weighted by Crippen LogP contribution is -2.34. The molecule has 3 heterocycles. The van der Waals surface area contributed by atoms with Gasteiger partial charge in [-0.2, -0.15) is 5.10 Å². The minimum atomic E-state index is -1.67. The van der Waals surface area contributed by atoms with Crippen molar-refractivity contribution >= 4 is 49.2 Å². The molecule has 0 bridgehead atoms. The second-order valence-electron chi connectivity index (χ2n) is 9.12. The number of anilines is 1. The average molecular weight is 535 g/mol. The third-order valence-corrected chi connectivity index (χ3v) is 9.22. The number of aliphatic hydroxyl groups is 1. The first-order valence-electron chi connectivity index (χ1n) is 11.7. The zero-order chi connectivity index (χ0) is 26.6. The Bertz CT molecular complexity index is 1580. The molecule has 2 fully saturated rings. The van der Waals surface area contributed by atoms with Crippen LogP contribution in [0.1, 0.15) is 53.2 Å². The average Bonchev–Trinajstić information content (AvgIpc) is 3.35. The number of aryl methyl sites for hydroxylation is 1. The maximum Gasteiger partial charge on any atom is 0.255 e. The van der Waals surface area contributed by atoms with E-state index in [1.807, 2.05) is 19.1 Å². The Hall–Kier alpha value is -4.01. The maximum atomic E-state index is 12.3. The molecule has 5 rings (SSSR count). The number of imidazole rings is 1. The number of allylic oxidation sites excluding steroid dienone is 2. The van der Waals surface area contributed by atoms with Crippen LogP contribution in [0, 0.1) is 18.8 Å². The molecule has 2 aromatic heterocycles. The van der Waals surface area contributed by atoms with Crippen LogP contribution in [-0.4, -0.2) is 55.9 Å². The quantitative estimate of drug-likeness (QED) is 0.203. The molecule has 1 aromatic carbocycles. The third-order valence-electron chi connectivity index (χ3n) is 6.55. The van der Waals surface area contributed by atoms with Crippen LogP contribution >= 0.6 is 11.6 Å². The van der Waals surface area contributed by atoms with Crippen LogP contribution < -0.4 is 11.5 Å². The molecule has 1 radical (unpaired) electrons. The van der Waals surface area contributed by atoms with Crippen molar-refractivity contribution in [2.45, 2.75) is 38.8 Å². The Balaban J connectivity index is 1.53. The molecule has 1 saturated carbocycles. The van der Waals surface area contributed by atoms with Crippen LogP contribution in [0.2, 0.25) is 11.1 Å². The van der Waals surface area contributed by atoms with Gasteiger partial charge in [-0.1, -0.05) is 24.1 Å². The van der Waals surface area contributed by atoms with Crippen molar-refractivity contribution in [1.82, 2.24) is 23.9 Å². The molecule has 37 heavy (non-hydrogen) atoms. The summed E-state index contributed by atoms with van der Waals surface area (Å²) < 4.78 is 3.73. The zero-order valence-electron chi connectivity index (χ0n) is 20.4. The lowest BCUT2D eigenvalue weighted by atomic mass is 10.1. The summed E-state index contributed by atoms with van der Waals surface area (Å²) in [7, 11) is -1.67. The summed E-state index contributed by atoms with van der Waals surface area (Å²) in [5.41, 5.74) is 14.8. The first-order valence-corrected chi connectivity index (χ1v) is 13.9. The van der Waals surface area contributed by atoms with Gasteiger partial charge in [-0.15, -0.1) is 0 Å². The van der Waals surface area contributed by atoms with E-state index >= 15 is 0 Å². The number of nitrogen functional groups attached to an aromatic ring is 1. The molecule has 0 spiro atoms. The summed E-state index contributed by atoms with van der Waals surface area (Å²) in [6.45, 7) is 7.01. The third kappa shape index (κ3) is 4.28. The number of nitrogens with two attached hydrogens (primary N) is 2. The molecule has 1 aliphatic heterocycles. The Kier molecular flexibility index (Phi) is 6.09. The molecular formula is C25H25ClN7O3Si. The van der Waals surface area contributed by atoms with Crippen LogP contribution in [-0.2, 0) is 4.79 Å². The van der Waals surface area contributed by atoms with Crippen molar-refractivity contribution in [2.24, 2.45) is 5.73 Å². The van der Waals surface area contributed by atoms with Crippen LogP contribution in [0.4, 0.5) is 5.82 Å². The van der Waals surface area contributed by atoms with Gasteiger partial charge >= 0.3 is 0 Å². The maximum absolute atomic E-state index is 12.3. The Morgan fingerprint density at radius 3 is 2.68 bits per heavy atom. The normalized spacial score (nSPS) is 17.1. The second-order valence-corrected chi connectivity index (χ2v) is 11.8. The van der Waals surface area contributed by atoms with Crippen molar-refractivity contribution in [3.05, 3.63) is 63.9 Å². The van der Waals surface area contributed by atoms with Gasteiger partial charge in [0.1, 0.15) is 28.7 Å². The highest BCUT2D eigenvalue weighted by Gasteiger charge is 2.37. The highest BCUT2D eigenvalue weighted by atomic mass is 35.5. The number of amides is 2. The molecule has 0 unspecified atom stereocenters. The number of aliphatic hydroxyl groups excluding tert-OH is 1. The number of aromatic nitrogens is 4. The summed E-state index contributed by atoms with van der Waals surface area (Å²) in [6, 6.07) is 4.52. The molecular weight excluding hydrogens is 510 g/mol. The summed E-state index contributed by atoms with van der Waals surface area (Å²) in [5.74, 6) is 5.84. The van der Waals surface area contributed by atoms with Crippen LogP contribution in [0.5, 0.6) is 0 Å². The molecule has 12 heteroatoms. The standard InChI is InChI=1S/C25H25ClN7O3Si/c1-4-22(35)31-12-37(11-21(31)13(2)34)33-24(27)23(25(28)36)18(30-33)8-5-15-9-19-20(10-17(15)26)32(14(3)29-19)16-6-7-16/h4,9-10,16,34H,1,6-7,11-12,27H2,2-3H3,(H2,28,36)/b21-13-. The monoisotopic (exact) mass is 534 g/mol. The van der Waals surface area contributed by atoms with E-state index < -0.39 is 14.9 Å². The SMILES string of the molecule is C=CC(=O)N1C[Si](n2nc(C#Cc3cc4nc(C)n(C5CC5)c4cc3Cl)c(C(N)=O)c2N)C/C1=C(\C)O. The number of carbonyl (C=O) groups excluding carboxylic acids is 2. The Labute approximate surface area is 219 Å². The molecule has 189 valence electrons. The topological polar surface area (TPSA) is 145 Å². The fourth-order valence-corrected chi connectivity index (χ4v) is 7.50. The summed E-state index contributed by atoms with van der Waals surface area (Å²) >= 11 is 6.57. The number of carbonyl (C=O) groups is 2. The van der Waals surface area contributed by atoms with Gasteiger partial charge in [0.2, 0.25) is 14.9 Å². The fraction of sp³-hybridized carbons (Fsp3) is 0.280. The number of fused-ring (bicyclic) bond motifs is 1. The number of nitrogens with zero attached hydrogens (tertiary/aromatic N) is 5. The van der Waals surface area contributed by atoms with E-state index in [9.17, 15) is 14.7 Å². The van der Waals surface area contributed by atoms with E-state index in [0.717, 1.165) is 29.7 Å². The van der Waals surface area contributed by atoms with Gasteiger partial charge in [0.15, 0.2) is 0 Å². The van der Waals surface area contributed by atoms with Crippen LogP contribution in [0.15, 0.2) is 36.2 Å². The van der Waals surface area contributed by atoms with Gasteiger partial charge < -0.3 is 26.0 Å². The van der Waals surface area contributed by atoms with E-state index in [1.165, 1.54) is 22.2 Å². The van der Waals surface area contributed by atoms with E-state index in [2.05, 4.69) is 33.1 Å². The molecule has 10 nitrogen and oxygen atoms in total. The molecule has 1 saturated heterocycles. The summed E-state index contributed by atoms with van der Waals surface area (Å²) in [6.07, 6.45) is 3.72. The lowest BCUT2D eigenvalue weighted by molar-refractivity contribution is -0.123. The smallest absolute Gasteiger partial charge is 0.255 e. The minimum Gasteiger partial charge on any atom is -0.511 e. The van der Waals surface area contributed by atoms with Crippen molar-refractivity contribution in [2.75, 3.05) is 11.9 Å². The first kappa shape index (κ1) is 24.7. The Morgan fingerprint density at radius 2 is 2.05 bits per heavy atom. The predicted octanol–water partition coefficient (Wildman–Crippen LogP) is 2.81. The summed E-state index contributed by atoms with van der Waals surface area (Å²) in [5, 5.41) is 15.1. The van der Waals surface area contributed by atoms with Gasteiger partial charge in [-0.05, 0) is 50.8 Å². The lowest BCUT2D eigenvalue weighted by Gasteiger charge is -2.16. The van der Waals surface area contributed by atoms with E-state index in [-0.39, 0.29) is 34.9 Å². The number of primary amides is 1. The van der Waals surface area contributed by atoms with E-state index in [1.54, 1.807) is 0 Å². The molecule has 1 aliphatic carbocycles. The van der Waals surface area contributed by atoms with Crippen molar-refractivity contribution in [3.63, 3.8) is 0 Å². The van der Waals surface area contributed by atoms with Crippen molar-refractivity contribution < 1.29 is 14.7 Å². The highest BCUT2D eigenvalue weighted by molar-refractivity contribution is 6.60. The molecule has 3 aromatic rings. The molecule has 5 N–H and O–H groups in total.